The van der Waals surface area contributed by atoms with Gasteiger partial charge in [-0.25, -0.2) is 14.8 Å². The second-order valence-electron chi connectivity index (χ2n) is 5.78. The number of benzene rings is 1. The van der Waals surface area contributed by atoms with Gasteiger partial charge in [0.1, 0.15) is 11.5 Å². The first-order valence-corrected chi connectivity index (χ1v) is 9.71. The van der Waals surface area contributed by atoms with Gasteiger partial charge < -0.3 is 4.74 Å². The van der Waals surface area contributed by atoms with Gasteiger partial charge in [-0.3, -0.25) is 4.79 Å². The van der Waals surface area contributed by atoms with E-state index in [2.05, 4.69) is 15.1 Å². The molecule has 0 bridgehead atoms. The van der Waals surface area contributed by atoms with E-state index in [1.165, 1.54) is 33.3 Å². The number of nitrogens with zero attached hydrogens (tertiary/aromatic N) is 4. The van der Waals surface area contributed by atoms with Crippen molar-refractivity contribution in [1.29, 1.82) is 0 Å². The molecule has 0 N–H and O–H groups in total. The summed E-state index contributed by atoms with van der Waals surface area (Å²) < 4.78 is 6.64. The third-order valence-electron chi connectivity index (χ3n) is 3.71. The fourth-order valence-corrected chi connectivity index (χ4v) is 4.26. The normalized spacial score (nSPS) is 11.0. The number of carbonyl (C=O) groups excluding carboxylic acids is 1. The summed E-state index contributed by atoms with van der Waals surface area (Å²) in [5, 5.41) is 5.46. The fraction of sp³-hybridized carbons (Fsp3) is 0.167. The first-order valence-electron chi connectivity index (χ1n) is 8.07. The van der Waals surface area contributed by atoms with Crippen LogP contribution < -0.4 is 5.56 Å². The number of esters is 1. The maximum absolute atomic E-state index is 12.6. The molecule has 0 radical (unpaired) electrons. The minimum absolute atomic E-state index is 0.0312. The van der Waals surface area contributed by atoms with Crippen LogP contribution in [0.5, 0.6) is 0 Å². The average Bonchev–Trinajstić information content (AvgIpc) is 3.24. The molecule has 0 saturated heterocycles. The quantitative estimate of drug-likeness (QED) is 0.491. The van der Waals surface area contributed by atoms with Crippen LogP contribution in [-0.4, -0.2) is 25.6 Å². The Morgan fingerprint density at radius 2 is 1.93 bits per heavy atom. The molecular weight excluding hydrogens is 384 g/mol. The van der Waals surface area contributed by atoms with Crippen LogP contribution in [0.15, 0.2) is 41.2 Å². The van der Waals surface area contributed by atoms with Crippen molar-refractivity contribution in [2.45, 2.75) is 20.5 Å². The monoisotopic (exact) mass is 398 g/mol. The van der Waals surface area contributed by atoms with Crippen LogP contribution in [0.4, 0.5) is 0 Å². The summed E-state index contributed by atoms with van der Waals surface area (Å²) in [6.45, 7) is 3.57. The summed E-state index contributed by atoms with van der Waals surface area (Å²) in [5.74, 6) is -0.463. The first-order chi connectivity index (χ1) is 13.0. The van der Waals surface area contributed by atoms with E-state index in [0.29, 0.717) is 26.2 Å². The predicted octanol–water partition coefficient (Wildman–Crippen LogP) is 3.25. The lowest BCUT2D eigenvalue weighted by atomic mass is 10.1. The van der Waals surface area contributed by atoms with E-state index < -0.39 is 5.97 Å². The first kappa shape index (κ1) is 17.5. The van der Waals surface area contributed by atoms with Gasteiger partial charge in [-0.15, -0.1) is 11.3 Å². The number of rotatable bonds is 4. The number of hydrogen-bond acceptors (Lipinski definition) is 8. The second-order valence-corrected chi connectivity index (χ2v) is 8.02. The molecule has 7 nitrogen and oxygen atoms in total. The maximum Gasteiger partial charge on any atom is 0.351 e. The Labute approximate surface area is 161 Å². The molecule has 0 aliphatic carbocycles. The average molecular weight is 398 g/mol. The van der Waals surface area contributed by atoms with Crippen molar-refractivity contribution < 1.29 is 9.53 Å². The van der Waals surface area contributed by atoms with E-state index in [-0.39, 0.29) is 12.2 Å². The number of aryl methyl sites for hydroxylation is 2. The Kier molecular flexibility index (Phi) is 4.54. The van der Waals surface area contributed by atoms with Gasteiger partial charge in [0, 0.05) is 17.3 Å². The highest BCUT2D eigenvalue weighted by Crippen LogP contribution is 2.29. The molecule has 136 valence electrons. The molecule has 0 saturated carbocycles. The molecule has 3 heterocycles. The van der Waals surface area contributed by atoms with Gasteiger partial charge in [0.15, 0.2) is 5.01 Å². The van der Waals surface area contributed by atoms with Crippen molar-refractivity contribution >= 4 is 33.6 Å². The van der Waals surface area contributed by atoms with Crippen LogP contribution in [0.1, 0.15) is 25.4 Å². The Morgan fingerprint density at radius 3 is 2.70 bits per heavy atom. The molecule has 0 atom stereocenters. The topological polar surface area (TPSA) is 86.5 Å². The Morgan fingerprint density at radius 1 is 1.15 bits per heavy atom. The van der Waals surface area contributed by atoms with Gasteiger partial charge in [-0.1, -0.05) is 41.7 Å². The Balaban J connectivity index is 1.57. The van der Waals surface area contributed by atoms with Gasteiger partial charge in [-0.2, -0.15) is 9.61 Å². The van der Waals surface area contributed by atoms with Crippen LogP contribution >= 0.6 is 22.7 Å². The number of aromatic nitrogens is 4. The van der Waals surface area contributed by atoms with Crippen molar-refractivity contribution in [3.05, 3.63) is 67.3 Å². The molecule has 9 heteroatoms. The number of carbonyl (C=O) groups is 1. The number of thiazole rings is 1. The van der Waals surface area contributed by atoms with Crippen LogP contribution in [-0.2, 0) is 11.3 Å². The third kappa shape index (κ3) is 3.51. The summed E-state index contributed by atoms with van der Waals surface area (Å²) in [7, 11) is 0. The lowest BCUT2D eigenvalue weighted by Crippen LogP contribution is -2.14. The predicted molar refractivity (Wildman–Crippen MR) is 103 cm³/mol. The van der Waals surface area contributed by atoms with Crippen LogP contribution in [0.2, 0.25) is 0 Å². The highest BCUT2D eigenvalue weighted by molar-refractivity contribution is 7.16. The van der Waals surface area contributed by atoms with E-state index >= 15 is 0 Å². The van der Waals surface area contributed by atoms with E-state index in [1.807, 2.05) is 37.3 Å². The van der Waals surface area contributed by atoms with Crippen LogP contribution in [0.3, 0.4) is 0 Å². The summed E-state index contributed by atoms with van der Waals surface area (Å²) in [6.07, 6.45) is 0. The SMILES string of the molecule is Cc1cc(=O)n2nc(COC(=O)c3sc(C)nc3-c3ccccc3)sc2n1. The van der Waals surface area contributed by atoms with Crippen molar-refractivity contribution in [3.63, 3.8) is 0 Å². The van der Waals surface area contributed by atoms with Gasteiger partial charge in [0.05, 0.1) is 10.7 Å². The van der Waals surface area contributed by atoms with E-state index in [9.17, 15) is 9.59 Å². The minimum atomic E-state index is -0.463. The lowest BCUT2D eigenvalue weighted by Gasteiger charge is -2.03. The molecule has 0 aliphatic heterocycles. The molecule has 0 unspecified atom stereocenters. The third-order valence-corrected chi connectivity index (χ3v) is 5.54. The zero-order valence-electron chi connectivity index (χ0n) is 14.5. The molecule has 1 aromatic carbocycles. The largest absolute Gasteiger partial charge is 0.454 e. The molecule has 0 amide bonds. The highest BCUT2D eigenvalue weighted by Gasteiger charge is 2.20. The minimum Gasteiger partial charge on any atom is -0.454 e. The van der Waals surface area contributed by atoms with E-state index in [4.69, 9.17) is 4.74 Å². The van der Waals surface area contributed by atoms with Gasteiger partial charge in [-0.05, 0) is 13.8 Å². The summed E-state index contributed by atoms with van der Waals surface area (Å²) in [6, 6.07) is 10.9. The lowest BCUT2D eigenvalue weighted by molar-refractivity contribution is 0.0478. The van der Waals surface area contributed by atoms with Crippen LogP contribution in [0, 0.1) is 13.8 Å². The van der Waals surface area contributed by atoms with Crippen molar-refractivity contribution in [2.24, 2.45) is 0 Å². The smallest absolute Gasteiger partial charge is 0.351 e. The zero-order valence-corrected chi connectivity index (χ0v) is 16.1. The maximum atomic E-state index is 12.6. The van der Waals surface area contributed by atoms with Crippen molar-refractivity contribution in [3.8, 4) is 11.3 Å². The number of fused-ring (bicyclic) bond motifs is 1. The summed E-state index contributed by atoms with van der Waals surface area (Å²) in [4.78, 5) is 34.2. The molecule has 3 aromatic heterocycles. The molecule has 0 fully saturated rings. The molecular formula is C18H14N4O3S2. The van der Waals surface area contributed by atoms with Crippen molar-refractivity contribution in [2.75, 3.05) is 0 Å². The molecule has 4 rings (SSSR count). The van der Waals surface area contributed by atoms with E-state index in [0.717, 1.165) is 10.6 Å². The fourth-order valence-electron chi connectivity index (χ4n) is 2.57. The molecule has 0 aliphatic rings. The Hall–Kier alpha value is -2.91. The summed E-state index contributed by atoms with van der Waals surface area (Å²) >= 11 is 2.51. The summed E-state index contributed by atoms with van der Waals surface area (Å²) in [5.41, 5.74) is 1.84. The van der Waals surface area contributed by atoms with Gasteiger partial charge >= 0.3 is 5.97 Å². The highest BCUT2D eigenvalue weighted by atomic mass is 32.1. The molecule has 27 heavy (non-hydrogen) atoms. The zero-order chi connectivity index (χ0) is 19.0. The Bertz CT molecular complexity index is 1190. The van der Waals surface area contributed by atoms with Gasteiger partial charge in [0.25, 0.3) is 5.56 Å². The van der Waals surface area contributed by atoms with E-state index in [1.54, 1.807) is 6.92 Å². The molecule has 4 aromatic rings. The number of ether oxygens (including phenoxy) is 1. The van der Waals surface area contributed by atoms with Crippen molar-refractivity contribution in [1.82, 2.24) is 19.6 Å². The van der Waals surface area contributed by atoms with Crippen LogP contribution in [0.25, 0.3) is 16.2 Å². The number of hydrogen-bond donors (Lipinski definition) is 0. The molecule has 0 spiro atoms. The standard InChI is InChI=1S/C18H14N4O3S2/c1-10-8-14(23)22-18(19-10)27-13(21-22)9-25-17(24)16-15(20-11(2)26-16)12-6-4-3-5-7-12/h3-8H,9H2,1-2H3. The second kappa shape index (κ2) is 7.01. The van der Waals surface area contributed by atoms with Gasteiger partial charge in [0.2, 0.25) is 4.96 Å².